The molecule has 0 atom stereocenters. The normalized spacial score (nSPS) is 11.9. The predicted octanol–water partition coefficient (Wildman–Crippen LogP) is 6.91. The molecular weight excluding hydrogens is 381 g/mol. The highest BCUT2D eigenvalue weighted by atomic mass is 32.1. The van der Waals surface area contributed by atoms with Gasteiger partial charge in [-0.2, -0.15) is 13.2 Å². The summed E-state index contributed by atoms with van der Waals surface area (Å²) in [7, 11) is 0. The second-order valence-electron chi connectivity index (χ2n) is 6.57. The number of thiazole rings is 1. The molecule has 0 saturated carbocycles. The van der Waals surface area contributed by atoms with Crippen LogP contribution < -0.4 is 0 Å². The maximum Gasteiger partial charge on any atom is 0.417 e. The number of halogens is 3. The summed E-state index contributed by atoms with van der Waals surface area (Å²) >= 11 is 1.44. The minimum absolute atomic E-state index is 0.183. The fraction of sp³-hybridized carbons (Fsp3) is 0.182. The molecule has 0 aliphatic carbocycles. The molecule has 0 bridgehead atoms. The van der Waals surface area contributed by atoms with Crippen molar-refractivity contribution in [2.75, 3.05) is 0 Å². The Morgan fingerprint density at radius 2 is 1.86 bits per heavy atom. The van der Waals surface area contributed by atoms with Gasteiger partial charge in [0, 0.05) is 17.0 Å². The van der Waals surface area contributed by atoms with Crippen molar-refractivity contribution in [2.24, 2.45) is 0 Å². The first-order valence-corrected chi connectivity index (χ1v) is 9.77. The van der Waals surface area contributed by atoms with Crippen molar-refractivity contribution in [1.82, 2.24) is 9.97 Å². The van der Waals surface area contributed by atoms with Gasteiger partial charge in [-0.25, -0.2) is 9.97 Å². The number of hydrogen-bond donors (Lipinski definition) is 0. The molecule has 0 radical (unpaired) electrons. The zero-order valence-electron chi connectivity index (χ0n) is 15.3. The van der Waals surface area contributed by atoms with Crippen molar-refractivity contribution in [1.29, 1.82) is 0 Å². The fourth-order valence-electron chi connectivity index (χ4n) is 3.53. The Kier molecular flexibility index (Phi) is 4.67. The van der Waals surface area contributed by atoms with Crippen LogP contribution in [0.5, 0.6) is 0 Å². The zero-order chi connectivity index (χ0) is 19.9. The molecule has 0 spiro atoms. The van der Waals surface area contributed by atoms with E-state index in [1.54, 1.807) is 18.3 Å². The summed E-state index contributed by atoms with van der Waals surface area (Å²) in [5.41, 5.74) is 3.22. The number of aryl methyl sites for hydroxylation is 1. The smallest absolute Gasteiger partial charge is 0.245 e. The molecule has 28 heavy (non-hydrogen) atoms. The number of benzene rings is 2. The Labute approximate surface area is 164 Å². The average Bonchev–Trinajstić information content (AvgIpc) is 3.20. The van der Waals surface area contributed by atoms with Crippen LogP contribution in [0.3, 0.4) is 0 Å². The van der Waals surface area contributed by atoms with Crippen molar-refractivity contribution in [2.45, 2.75) is 26.4 Å². The van der Waals surface area contributed by atoms with E-state index in [0.29, 0.717) is 28.2 Å². The van der Waals surface area contributed by atoms with Crippen molar-refractivity contribution >= 4 is 22.2 Å². The summed E-state index contributed by atoms with van der Waals surface area (Å²) in [5.74, 6) is 0. The van der Waals surface area contributed by atoms with Crippen LogP contribution in [-0.4, -0.2) is 9.97 Å². The van der Waals surface area contributed by atoms with Gasteiger partial charge in [0.2, 0.25) is 0 Å². The third-order valence-corrected chi connectivity index (χ3v) is 5.51. The lowest BCUT2D eigenvalue weighted by Gasteiger charge is -2.19. The Hall–Kier alpha value is -2.73. The molecule has 2 aromatic carbocycles. The summed E-state index contributed by atoms with van der Waals surface area (Å²) < 4.78 is 41.4. The van der Waals surface area contributed by atoms with Gasteiger partial charge in [0.25, 0.3) is 0 Å². The molecule has 2 heterocycles. The first-order chi connectivity index (χ1) is 13.4. The summed E-state index contributed by atoms with van der Waals surface area (Å²) in [6.07, 6.45) is -2.21. The molecule has 4 aromatic rings. The molecule has 2 aromatic heterocycles. The number of alkyl halides is 3. The average molecular weight is 398 g/mol. The maximum atomic E-state index is 13.8. The summed E-state index contributed by atoms with van der Waals surface area (Å²) in [6, 6.07) is 11.5. The Bertz CT molecular complexity index is 1150. The van der Waals surface area contributed by atoms with E-state index in [4.69, 9.17) is 4.98 Å². The number of fused-ring (bicyclic) bond motifs is 1. The van der Waals surface area contributed by atoms with Crippen molar-refractivity contribution < 1.29 is 13.2 Å². The zero-order valence-corrected chi connectivity index (χ0v) is 16.2. The Balaban J connectivity index is 2.18. The van der Waals surface area contributed by atoms with Gasteiger partial charge in [0.15, 0.2) is 0 Å². The molecule has 0 aliphatic heterocycles. The lowest BCUT2D eigenvalue weighted by Crippen LogP contribution is -2.08. The Morgan fingerprint density at radius 1 is 1.07 bits per heavy atom. The van der Waals surface area contributed by atoms with E-state index in [1.807, 2.05) is 37.4 Å². The van der Waals surface area contributed by atoms with E-state index >= 15 is 0 Å². The van der Waals surface area contributed by atoms with E-state index in [1.165, 1.54) is 17.4 Å². The Morgan fingerprint density at radius 3 is 2.54 bits per heavy atom. The minimum atomic E-state index is -4.44. The molecule has 0 aliphatic rings. The molecule has 0 amide bonds. The molecule has 0 unspecified atom stereocenters. The van der Waals surface area contributed by atoms with Crippen LogP contribution in [0.4, 0.5) is 13.2 Å². The fourth-order valence-corrected chi connectivity index (χ4v) is 4.19. The number of aromatic nitrogens is 2. The molecule has 0 fully saturated rings. The number of pyridine rings is 1. The number of rotatable bonds is 3. The van der Waals surface area contributed by atoms with Gasteiger partial charge >= 0.3 is 6.18 Å². The van der Waals surface area contributed by atoms with Gasteiger partial charge in [-0.1, -0.05) is 36.8 Å². The van der Waals surface area contributed by atoms with Gasteiger partial charge in [0.1, 0.15) is 10.7 Å². The highest BCUT2D eigenvalue weighted by Gasteiger charge is 2.34. The topological polar surface area (TPSA) is 25.8 Å². The van der Waals surface area contributed by atoms with Crippen LogP contribution >= 0.6 is 11.3 Å². The third kappa shape index (κ3) is 3.18. The minimum Gasteiger partial charge on any atom is -0.245 e. The summed E-state index contributed by atoms with van der Waals surface area (Å²) in [4.78, 5) is 9.13. The molecule has 6 heteroatoms. The SMILES string of the molecule is CCc1c(-c2nccs2)nc2ccc(C)cc2c1-c1ccccc1C(F)(F)F. The van der Waals surface area contributed by atoms with Crippen LogP contribution in [0.15, 0.2) is 54.0 Å². The van der Waals surface area contributed by atoms with Crippen molar-refractivity contribution in [3.05, 3.63) is 70.7 Å². The second-order valence-corrected chi connectivity index (χ2v) is 7.46. The monoisotopic (exact) mass is 398 g/mol. The summed E-state index contributed by atoms with van der Waals surface area (Å²) in [5, 5.41) is 3.29. The lowest BCUT2D eigenvalue weighted by atomic mass is 9.89. The quantitative estimate of drug-likeness (QED) is 0.374. The molecule has 0 saturated heterocycles. The molecule has 2 nitrogen and oxygen atoms in total. The largest absolute Gasteiger partial charge is 0.417 e. The molecule has 4 rings (SSSR count). The highest BCUT2D eigenvalue weighted by molar-refractivity contribution is 7.13. The standard InChI is InChI=1S/C22H17F3N2S/c1-3-14-19(15-6-4-5-7-17(15)22(23,24)25)16-12-13(2)8-9-18(16)27-20(14)21-26-10-11-28-21/h4-12H,3H2,1-2H3. The molecule has 142 valence electrons. The van der Waals surface area contributed by atoms with Crippen LogP contribution in [-0.2, 0) is 12.6 Å². The van der Waals surface area contributed by atoms with Crippen molar-refractivity contribution in [3.8, 4) is 21.8 Å². The van der Waals surface area contributed by atoms with Gasteiger partial charge in [-0.05, 0) is 48.2 Å². The van der Waals surface area contributed by atoms with E-state index in [2.05, 4.69) is 4.98 Å². The van der Waals surface area contributed by atoms with Crippen LogP contribution in [0.25, 0.3) is 32.7 Å². The number of nitrogens with zero attached hydrogens (tertiary/aromatic N) is 2. The van der Waals surface area contributed by atoms with Gasteiger partial charge in [-0.3, -0.25) is 0 Å². The van der Waals surface area contributed by atoms with Crippen molar-refractivity contribution in [3.63, 3.8) is 0 Å². The van der Waals surface area contributed by atoms with E-state index in [9.17, 15) is 13.2 Å². The van der Waals surface area contributed by atoms with Gasteiger partial charge in [0.05, 0.1) is 11.1 Å². The third-order valence-electron chi connectivity index (χ3n) is 4.73. The van der Waals surface area contributed by atoms with E-state index in [-0.39, 0.29) is 5.56 Å². The van der Waals surface area contributed by atoms with E-state index in [0.717, 1.165) is 22.6 Å². The van der Waals surface area contributed by atoms with Crippen LogP contribution in [0, 0.1) is 6.92 Å². The van der Waals surface area contributed by atoms with Crippen LogP contribution in [0.2, 0.25) is 0 Å². The number of hydrogen-bond acceptors (Lipinski definition) is 3. The highest BCUT2D eigenvalue weighted by Crippen LogP contribution is 2.43. The second kappa shape index (κ2) is 7.02. The summed E-state index contributed by atoms with van der Waals surface area (Å²) in [6.45, 7) is 3.87. The maximum absolute atomic E-state index is 13.8. The van der Waals surface area contributed by atoms with Crippen LogP contribution in [0.1, 0.15) is 23.6 Å². The first-order valence-electron chi connectivity index (χ1n) is 8.90. The van der Waals surface area contributed by atoms with E-state index < -0.39 is 11.7 Å². The molecule has 0 N–H and O–H groups in total. The van der Waals surface area contributed by atoms with Gasteiger partial charge < -0.3 is 0 Å². The first kappa shape index (κ1) is 18.6. The van der Waals surface area contributed by atoms with Gasteiger partial charge in [-0.15, -0.1) is 11.3 Å². The predicted molar refractivity (Wildman–Crippen MR) is 107 cm³/mol. The molecular formula is C22H17F3N2S. The lowest BCUT2D eigenvalue weighted by molar-refractivity contribution is -0.137.